The summed E-state index contributed by atoms with van der Waals surface area (Å²) in [5, 5.41) is 19.1. The van der Waals surface area contributed by atoms with E-state index in [2.05, 4.69) is 19.9 Å². The summed E-state index contributed by atoms with van der Waals surface area (Å²) in [6.07, 6.45) is -5.57. The Kier molecular flexibility index (Phi) is 8.76. The molecule has 0 aliphatic rings. The summed E-state index contributed by atoms with van der Waals surface area (Å²) < 4.78 is 101. The highest BCUT2D eigenvalue weighted by Crippen LogP contribution is 2.34. The Labute approximate surface area is 225 Å². The largest absolute Gasteiger partial charge is 0.492 e. The normalized spacial score (nSPS) is 13.0. The third kappa shape index (κ3) is 7.37. The van der Waals surface area contributed by atoms with Gasteiger partial charge in [-0.05, 0) is 42.0 Å². The molecule has 0 aliphatic carbocycles. The van der Waals surface area contributed by atoms with Crippen molar-refractivity contribution in [3.63, 3.8) is 0 Å². The minimum Gasteiger partial charge on any atom is -0.492 e. The van der Waals surface area contributed by atoms with Crippen LogP contribution in [0.1, 0.15) is 17.4 Å². The van der Waals surface area contributed by atoms with E-state index in [4.69, 9.17) is 4.74 Å². The topological polar surface area (TPSA) is 126 Å². The smallest absolute Gasteiger partial charge is 0.433 e. The Balaban J connectivity index is 1.28. The van der Waals surface area contributed by atoms with Crippen molar-refractivity contribution in [1.29, 1.82) is 0 Å². The number of nitrogens with zero attached hydrogens (tertiary/aromatic N) is 1. The minimum atomic E-state index is -4.55. The molecule has 0 amide bonds. The van der Waals surface area contributed by atoms with Crippen LogP contribution in [0.4, 0.5) is 27.6 Å². The third-order valence-electron chi connectivity index (χ3n) is 5.56. The first-order valence-corrected chi connectivity index (χ1v) is 13.2. The van der Waals surface area contributed by atoms with Gasteiger partial charge in [0.15, 0.2) is 0 Å². The van der Waals surface area contributed by atoms with E-state index in [1.165, 1.54) is 54.6 Å². The first kappa shape index (κ1) is 29.0. The summed E-state index contributed by atoms with van der Waals surface area (Å²) >= 11 is 0. The van der Waals surface area contributed by atoms with E-state index in [0.29, 0.717) is 11.3 Å². The molecule has 40 heavy (non-hydrogen) atoms. The first-order chi connectivity index (χ1) is 18.9. The van der Waals surface area contributed by atoms with Gasteiger partial charge in [-0.15, -0.1) is 0 Å². The van der Waals surface area contributed by atoms with E-state index in [1.807, 2.05) is 5.10 Å². The maximum atomic E-state index is 13.0. The molecule has 0 unspecified atom stereocenters. The SMILES string of the molecule is O=S(=O)(Nc1cccc([C@@H](O)CNCCOc2ccc3c(C(F)(F)F)[nH]nc3c2)c1)c1cccc(OC(F)F)c1. The van der Waals surface area contributed by atoms with Crippen LogP contribution in [0.2, 0.25) is 0 Å². The Morgan fingerprint density at radius 2 is 1.77 bits per heavy atom. The molecule has 0 radical (unpaired) electrons. The lowest BCUT2D eigenvalue weighted by Crippen LogP contribution is -2.26. The van der Waals surface area contributed by atoms with Crippen molar-refractivity contribution < 1.29 is 45.0 Å². The zero-order valence-electron chi connectivity index (χ0n) is 20.5. The number of hydrogen-bond donors (Lipinski definition) is 4. The lowest BCUT2D eigenvalue weighted by atomic mass is 10.1. The highest BCUT2D eigenvalue weighted by atomic mass is 32.2. The molecular formula is C25H23F5N4O5S. The zero-order valence-corrected chi connectivity index (χ0v) is 21.3. The second kappa shape index (κ2) is 12.1. The van der Waals surface area contributed by atoms with Crippen LogP contribution in [0.15, 0.2) is 71.6 Å². The number of H-pyrrole nitrogens is 1. The molecule has 1 heterocycles. The van der Waals surface area contributed by atoms with Crippen molar-refractivity contribution in [3.05, 3.63) is 78.0 Å². The van der Waals surface area contributed by atoms with Gasteiger partial charge in [0.05, 0.1) is 16.5 Å². The van der Waals surface area contributed by atoms with E-state index in [9.17, 15) is 35.5 Å². The average Bonchev–Trinajstić information content (AvgIpc) is 3.32. The number of benzene rings is 3. The first-order valence-electron chi connectivity index (χ1n) is 11.7. The number of aliphatic hydroxyl groups is 1. The molecule has 0 fully saturated rings. The van der Waals surface area contributed by atoms with Gasteiger partial charge in [0, 0.05) is 36.3 Å². The third-order valence-corrected chi connectivity index (χ3v) is 6.94. The molecule has 214 valence electrons. The maximum absolute atomic E-state index is 13.0. The number of hydrogen-bond acceptors (Lipinski definition) is 7. The number of aromatic amines is 1. The van der Waals surface area contributed by atoms with Crippen molar-refractivity contribution in [2.45, 2.75) is 23.8 Å². The molecule has 0 aliphatic heterocycles. The lowest BCUT2D eigenvalue weighted by Gasteiger charge is -2.15. The standard InChI is InChI=1S/C25H23F5N4O5S/c26-24(27)39-18-5-2-6-19(12-18)40(36,37)34-16-4-1-3-15(11-16)22(35)14-31-9-10-38-17-7-8-20-21(13-17)32-33-23(20)25(28,29)30/h1-8,11-13,22,24,31,34-35H,9-10,14H2,(H,32,33)/t22-/m0/s1. The molecular weight excluding hydrogens is 563 g/mol. The molecule has 0 spiro atoms. The lowest BCUT2D eigenvalue weighted by molar-refractivity contribution is -0.139. The van der Waals surface area contributed by atoms with Crippen molar-refractivity contribution in [2.75, 3.05) is 24.4 Å². The number of anilines is 1. The van der Waals surface area contributed by atoms with E-state index >= 15 is 0 Å². The number of fused-ring (bicyclic) bond motifs is 1. The van der Waals surface area contributed by atoms with Gasteiger partial charge in [0.2, 0.25) is 0 Å². The number of ether oxygens (including phenoxy) is 2. The molecule has 0 saturated carbocycles. The number of aromatic nitrogens is 2. The van der Waals surface area contributed by atoms with Crippen molar-refractivity contribution >= 4 is 26.6 Å². The number of halogens is 5. The van der Waals surface area contributed by atoms with Gasteiger partial charge in [-0.25, -0.2) is 8.42 Å². The van der Waals surface area contributed by atoms with Crippen LogP contribution in [0.5, 0.6) is 11.5 Å². The molecule has 1 aromatic heterocycles. The van der Waals surface area contributed by atoms with E-state index in [0.717, 1.165) is 6.07 Å². The molecule has 4 N–H and O–H groups in total. The van der Waals surface area contributed by atoms with Gasteiger partial charge in [0.25, 0.3) is 10.0 Å². The molecule has 1 atom stereocenters. The monoisotopic (exact) mass is 586 g/mol. The van der Waals surface area contributed by atoms with Gasteiger partial charge in [-0.3, -0.25) is 9.82 Å². The van der Waals surface area contributed by atoms with Crippen LogP contribution in [0.25, 0.3) is 10.9 Å². The van der Waals surface area contributed by atoms with Crippen LogP contribution in [0.3, 0.4) is 0 Å². The van der Waals surface area contributed by atoms with Crippen LogP contribution in [0, 0.1) is 0 Å². The minimum absolute atomic E-state index is 0.0695. The zero-order chi connectivity index (χ0) is 28.9. The fraction of sp³-hybridized carbons (Fsp3) is 0.240. The number of aliphatic hydroxyl groups excluding tert-OH is 1. The highest BCUT2D eigenvalue weighted by Gasteiger charge is 2.35. The molecule has 4 aromatic rings. The number of alkyl halides is 5. The number of rotatable bonds is 12. The molecule has 0 bridgehead atoms. The van der Waals surface area contributed by atoms with Gasteiger partial charge in [-0.1, -0.05) is 18.2 Å². The number of nitrogens with one attached hydrogen (secondary N) is 3. The summed E-state index contributed by atoms with van der Waals surface area (Å²) in [6, 6.07) is 14.7. The van der Waals surface area contributed by atoms with Crippen LogP contribution >= 0.6 is 0 Å². The van der Waals surface area contributed by atoms with E-state index < -0.39 is 34.6 Å². The highest BCUT2D eigenvalue weighted by molar-refractivity contribution is 7.92. The molecule has 15 heteroatoms. The van der Waals surface area contributed by atoms with Gasteiger partial charge in [-0.2, -0.15) is 27.1 Å². The predicted molar refractivity (Wildman–Crippen MR) is 135 cm³/mol. The van der Waals surface area contributed by atoms with Crippen LogP contribution in [-0.2, 0) is 16.2 Å². The second-order valence-electron chi connectivity index (χ2n) is 8.43. The Bertz CT molecular complexity index is 1560. The second-order valence-corrected chi connectivity index (χ2v) is 10.1. The van der Waals surface area contributed by atoms with Crippen molar-refractivity contribution in [2.24, 2.45) is 0 Å². The van der Waals surface area contributed by atoms with Gasteiger partial charge in [0.1, 0.15) is 23.8 Å². The van der Waals surface area contributed by atoms with Crippen molar-refractivity contribution in [1.82, 2.24) is 15.5 Å². The molecule has 4 rings (SSSR count). The predicted octanol–water partition coefficient (Wildman–Crippen LogP) is 4.69. The Morgan fingerprint density at radius 3 is 2.52 bits per heavy atom. The summed E-state index contributed by atoms with van der Waals surface area (Å²) in [6.45, 7) is -2.60. The molecule has 0 saturated heterocycles. The van der Waals surface area contributed by atoms with Crippen molar-refractivity contribution in [3.8, 4) is 11.5 Å². The van der Waals surface area contributed by atoms with Crippen LogP contribution < -0.4 is 19.5 Å². The average molecular weight is 587 g/mol. The van der Waals surface area contributed by atoms with E-state index in [-0.39, 0.29) is 46.9 Å². The fourth-order valence-corrected chi connectivity index (χ4v) is 4.82. The summed E-state index contributed by atoms with van der Waals surface area (Å²) in [5.41, 5.74) is -0.288. The Morgan fingerprint density at radius 1 is 1.00 bits per heavy atom. The number of sulfonamides is 1. The van der Waals surface area contributed by atoms with Crippen LogP contribution in [-0.4, -0.2) is 50.0 Å². The van der Waals surface area contributed by atoms with E-state index in [1.54, 1.807) is 6.07 Å². The quantitative estimate of drug-likeness (QED) is 0.140. The molecule has 3 aromatic carbocycles. The van der Waals surface area contributed by atoms with Gasteiger partial charge < -0.3 is 19.9 Å². The maximum Gasteiger partial charge on any atom is 0.433 e. The van der Waals surface area contributed by atoms with Gasteiger partial charge >= 0.3 is 12.8 Å². The fourth-order valence-electron chi connectivity index (χ4n) is 3.74. The molecule has 9 nitrogen and oxygen atoms in total. The summed E-state index contributed by atoms with van der Waals surface area (Å²) in [5.74, 6) is 0.00995. The summed E-state index contributed by atoms with van der Waals surface area (Å²) in [7, 11) is -4.14. The Hall–Kier alpha value is -3.95. The summed E-state index contributed by atoms with van der Waals surface area (Å²) in [4.78, 5) is -0.287.